The molecule has 0 fully saturated rings. The van der Waals surface area contributed by atoms with Gasteiger partial charge in [-0.3, -0.25) is 0 Å². The third kappa shape index (κ3) is 1.05. The maximum Gasteiger partial charge on any atom is 0.0806 e. The molecule has 2 heterocycles. The number of halogens is 1. The van der Waals surface area contributed by atoms with Crippen LogP contribution < -0.4 is 0 Å². The van der Waals surface area contributed by atoms with E-state index >= 15 is 0 Å². The molecule has 0 aliphatic rings. The Morgan fingerprint density at radius 2 is 2.08 bits per heavy atom. The number of fused-ring (bicyclic) bond motifs is 1. The second-order valence-corrected chi connectivity index (χ2v) is 3.82. The summed E-state index contributed by atoms with van der Waals surface area (Å²) in [6.07, 6.45) is 3.85. The van der Waals surface area contributed by atoms with Gasteiger partial charge in [0.25, 0.3) is 0 Å². The Balaban J connectivity index is 2.87. The minimum Gasteiger partial charge on any atom is -0.240 e. The lowest BCUT2D eigenvalue weighted by molar-refractivity contribution is 0.946. The zero-order chi connectivity index (χ0) is 8.72. The molecule has 0 amide bonds. The lowest BCUT2D eigenvalue weighted by atomic mass is 10.2. The van der Waals surface area contributed by atoms with Gasteiger partial charge in [-0.05, 0) is 47.0 Å². The van der Waals surface area contributed by atoms with Crippen LogP contribution in [0.4, 0.5) is 0 Å². The van der Waals surface area contributed by atoms with Gasteiger partial charge in [0.2, 0.25) is 0 Å². The lowest BCUT2D eigenvalue weighted by Crippen LogP contribution is -1.90. The Labute approximate surface area is 79.3 Å². The predicted molar refractivity (Wildman–Crippen MR) is 52.4 cm³/mol. The molecule has 2 aromatic heterocycles. The Morgan fingerprint density at radius 1 is 1.33 bits per heavy atom. The summed E-state index contributed by atoms with van der Waals surface area (Å²) in [5.74, 6) is 0. The zero-order valence-electron chi connectivity index (χ0n) is 7.00. The van der Waals surface area contributed by atoms with Gasteiger partial charge in [-0.15, -0.1) is 0 Å². The van der Waals surface area contributed by atoms with Crippen molar-refractivity contribution in [3.63, 3.8) is 0 Å². The van der Waals surface area contributed by atoms with Gasteiger partial charge in [0, 0.05) is 6.20 Å². The van der Waals surface area contributed by atoms with E-state index in [2.05, 4.69) is 40.9 Å². The zero-order valence-corrected chi connectivity index (χ0v) is 8.59. The van der Waals surface area contributed by atoms with Crippen LogP contribution in [0.15, 0.2) is 22.9 Å². The smallest absolute Gasteiger partial charge is 0.0806 e. The standard InChI is InChI=1S/C9H9BrN2/c1-6-3-9-8(10)4-11-12(9)5-7(6)2/h3-5H,1-2H3. The number of aromatic nitrogens is 2. The van der Waals surface area contributed by atoms with Crippen molar-refractivity contribution in [3.05, 3.63) is 34.1 Å². The van der Waals surface area contributed by atoms with E-state index in [0.29, 0.717) is 0 Å². The summed E-state index contributed by atoms with van der Waals surface area (Å²) in [5.41, 5.74) is 3.68. The van der Waals surface area contributed by atoms with Gasteiger partial charge in [0.05, 0.1) is 16.2 Å². The van der Waals surface area contributed by atoms with Crippen molar-refractivity contribution in [1.82, 2.24) is 9.61 Å². The van der Waals surface area contributed by atoms with Gasteiger partial charge in [-0.1, -0.05) is 0 Å². The molecule has 2 aromatic rings. The molecule has 12 heavy (non-hydrogen) atoms. The molecule has 0 radical (unpaired) electrons. The Bertz CT molecular complexity index is 431. The van der Waals surface area contributed by atoms with E-state index in [-0.39, 0.29) is 0 Å². The minimum atomic E-state index is 1.05. The number of aryl methyl sites for hydroxylation is 2. The predicted octanol–water partition coefficient (Wildman–Crippen LogP) is 2.71. The first-order valence-corrected chi connectivity index (χ1v) is 4.58. The first kappa shape index (κ1) is 7.80. The fourth-order valence-electron chi connectivity index (χ4n) is 1.19. The Hall–Kier alpha value is -0.830. The van der Waals surface area contributed by atoms with Crippen molar-refractivity contribution in [1.29, 1.82) is 0 Å². The molecule has 0 atom stereocenters. The maximum absolute atomic E-state index is 4.19. The molecule has 2 nitrogen and oxygen atoms in total. The molecule has 0 aliphatic carbocycles. The molecule has 0 saturated heterocycles. The SMILES string of the molecule is Cc1cc2c(Br)cnn2cc1C. The van der Waals surface area contributed by atoms with E-state index < -0.39 is 0 Å². The summed E-state index contributed by atoms with van der Waals surface area (Å²) >= 11 is 3.44. The van der Waals surface area contributed by atoms with Crippen LogP contribution in [0.25, 0.3) is 5.52 Å². The molecule has 0 aliphatic heterocycles. The summed E-state index contributed by atoms with van der Waals surface area (Å²) in [7, 11) is 0. The molecular weight excluding hydrogens is 216 g/mol. The van der Waals surface area contributed by atoms with Crippen molar-refractivity contribution in [2.45, 2.75) is 13.8 Å². The average Bonchev–Trinajstić information content (AvgIpc) is 2.35. The van der Waals surface area contributed by atoms with E-state index in [1.54, 1.807) is 0 Å². The van der Waals surface area contributed by atoms with E-state index in [1.165, 1.54) is 11.1 Å². The first-order valence-electron chi connectivity index (χ1n) is 3.78. The van der Waals surface area contributed by atoms with Crippen LogP contribution in [0.5, 0.6) is 0 Å². The van der Waals surface area contributed by atoms with E-state index in [4.69, 9.17) is 0 Å². The average molecular weight is 225 g/mol. The molecule has 0 saturated carbocycles. The third-order valence-corrected chi connectivity index (χ3v) is 2.69. The number of rotatable bonds is 0. The van der Waals surface area contributed by atoms with Crippen LogP contribution in [-0.4, -0.2) is 9.61 Å². The van der Waals surface area contributed by atoms with E-state index in [0.717, 1.165) is 9.99 Å². The second-order valence-electron chi connectivity index (χ2n) is 2.96. The maximum atomic E-state index is 4.19. The second kappa shape index (κ2) is 2.59. The van der Waals surface area contributed by atoms with Crippen molar-refractivity contribution in [3.8, 4) is 0 Å². The van der Waals surface area contributed by atoms with Crippen LogP contribution >= 0.6 is 15.9 Å². The minimum absolute atomic E-state index is 1.05. The van der Waals surface area contributed by atoms with E-state index in [1.807, 2.05) is 16.9 Å². The quantitative estimate of drug-likeness (QED) is 0.673. The summed E-state index contributed by atoms with van der Waals surface area (Å²) in [5, 5.41) is 4.19. The van der Waals surface area contributed by atoms with Gasteiger partial charge in [-0.25, -0.2) is 4.52 Å². The van der Waals surface area contributed by atoms with Crippen LogP contribution in [0, 0.1) is 13.8 Å². The fraction of sp³-hybridized carbons (Fsp3) is 0.222. The molecule has 0 N–H and O–H groups in total. The molecule has 3 heteroatoms. The molecular formula is C9H9BrN2. The number of hydrogen-bond donors (Lipinski definition) is 0. The molecule has 0 bridgehead atoms. The van der Waals surface area contributed by atoms with Crippen LogP contribution in [0.3, 0.4) is 0 Å². The number of pyridine rings is 1. The highest BCUT2D eigenvalue weighted by Gasteiger charge is 2.01. The highest BCUT2D eigenvalue weighted by molar-refractivity contribution is 9.10. The molecule has 62 valence electrons. The summed E-state index contributed by atoms with van der Waals surface area (Å²) in [6, 6.07) is 2.13. The van der Waals surface area contributed by atoms with Crippen molar-refractivity contribution >= 4 is 21.4 Å². The number of hydrogen-bond acceptors (Lipinski definition) is 1. The molecule has 2 rings (SSSR count). The molecule has 0 unspecified atom stereocenters. The normalized spacial score (nSPS) is 10.9. The number of nitrogens with zero attached hydrogens (tertiary/aromatic N) is 2. The van der Waals surface area contributed by atoms with Gasteiger partial charge >= 0.3 is 0 Å². The van der Waals surface area contributed by atoms with Gasteiger partial charge < -0.3 is 0 Å². The molecule has 0 spiro atoms. The fourth-order valence-corrected chi connectivity index (χ4v) is 1.58. The van der Waals surface area contributed by atoms with Crippen molar-refractivity contribution in [2.75, 3.05) is 0 Å². The van der Waals surface area contributed by atoms with Gasteiger partial charge in [-0.2, -0.15) is 5.10 Å². The Kier molecular flexibility index (Phi) is 1.68. The van der Waals surface area contributed by atoms with Crippen molar-refractivity contribution < 1.29 is 0 Å². The lowest BCUT2D eigenvalue weighted by Gasteiger charge is -2.00. The Morgan fingerprint density at radius 3 is 2.83 bits per heavy atom. The van der Waals surface area contributed by atoms with Gasteiger partial charge in [0.1, 0.15) is 0 Å². The largest absolute Gasteiger partial charge is 0.240 e. The van der Waals surface area contributed by atoms with Crippen LogP contribution in [0.1, 0.15) is 11.1 Å². The van der Waals surface area contributed by atoms with Gasteiger partial charge in [0.15, 0.2) is 0 Å². The first-order chi connectivity index (χ1) is 5.68. The monoisotopic (exact) mass is 224 g/mol. The topological polar surface area (TPSA) is 17.3 Å². The summed E-state index contributed by atoms with van der Waals surface area (Å²) < 4.78 is 2.93. The summed E-state index contributed by atoms with van der Waals surface area (Å²) in [6.45, 7) is 4.19. The summed E-state index contributed by atoms with van der Waals surface area (Å²) in [4.78, 5) is 0. The van der Waals surface area contributed by atoms with Crippen LogP contribution in [-0.2, 0) is 0 Å². The van der Waals surface area contributed by atoms with Crippen molar-refractivity contribution in [2.24, 2.45) is 0 Å². The van der Waals surface area contributed by atoms with E-state index in [9.17, 15) is 0 Å². The molecule has 0 aromatic carbocycles. The highest BCUT2D eigenvalue weighted by atomic mass is 79.9. The van der Waals surface area contributed by atoms with Crippen LogP contribution in [0.2, 0.25) is 0 Å². The third-order valence-electron chi connectivity index (χ3n) is 2.08. The highest BCUT2D eigenvalue weighted by Crippen LogP contribution is 2.19.